The number of para-hydroxylation sites is 1. The number of carbonyl (C=O) groups excluding carboxylic acids is 1. The summed E-state index contributed by atoms with van der Waals surface area (Å²) in [5, 5.41) is 4.28. The third-order valence-electron chi connectivity index (χ3n) is 2.68. The van der Waals surface area contributed by atoms with Crippen molar-refractivity contribution in [1.29, 1.82) is 0 Å². The summed E-state index contributed by atoms with van der Waals surface area (Å²) < 4.78 is 0. The van der Waals surface area contributed by atoms with Gasteiger partial charge in [-0.15, -0.1) is 11.8 Å². The molecule has 110 valence electrons. The highest BCUT2D eigenvalue weighted by molar-refractivity contribution is 7.99. The predicted octanol–water partition coefficient (Wildman–Crippen LogP) is 5.52. The Bertz CT molecular complexity index is 634. The minimum absolute atomic E-state index is 0.0690. The highest BCUT2D eigenvalue weighted by Crippen LogP contribution is 2.33. The molecule has 2 aromatic rings. The number of halogens is 3. The molecule has 0 fully saturated rings. The van der Waals surface area contributed by atoms with Crippen LogP contribution in [0.3, 0.4) is 0 Å². The van der Waals surface area contributed by atoms with Crippen LogP contribution in [0.1, 0.15) is 5.56 Å². The summed E-state index contributed by atoms with van der Waals surface area (Å²) in [6, 6.07) is 12.7. The van der Waals surface area contributed by atoms with E-state index < -0.39 is 0 Å². The highest BCUT2D eigenvalue weighted by Gasteiger charge is 2.10. The molecule has 0 saturated carbocycles. The number of carbonyl (C=O) groups is 1. The van der Waals surface area contributed by atoms with Gasteiger partial charge in [-0.2, -0.15) is 0 Å². The lowest BCUT2D eigenvalue weighted by Crippen LogP contribution is -2.14. The Kier molecular flexibility index (Phi) is 6.24. The number of nitrogens with one attached hydrogen (secondary N) is 1. The van der Waals surface area contributed by atoms with E-state index in [4.69, 9.17) is 34.8 Å². The van der Waals surface area contributed by atoms with E-state index in [0.717, 1.165) is 11.3 Å². The van der Waals surface area contributed by atoms with Crippen molar-refractivity contribution >= 4 is 58.2 Å². The molecule has 0 aliphatic heterocycles. The first-order valence-corrected chi connectivity index (χ1v) is 8.42. The highest BCUT2D eigenvalue weighted by atomic mass is 35.5. The number of benzene rings is 2. The van der Waals surface area contributed by atoms with Crippen LogP contribution >= 0.6 is 46.6 Å². The molecule has 0 radical (unpaired) electrons. The first-order valence-electron chi connectivity index (χ1n) is 6.13. The van der Waals surface area contributed by atoms with Gasteiger partial charge in [0.2, 0.25) is 5.91 Å². The molecule has 2 rings (SSSR count). The molecule has 0 spiro atoms. The van der Waals surface area contributed by atoms with E-state index in [-0.39, 0.29) is 5.91 Å². The summed E-state index contributed by atoms with van der Waals surface area (Å²) in [6.07, 6.45) is 0. The average Bonchev–Trinajstić information content (AvgIpc) is 2.48. The topological polar surface area (TPSA) is 29.1 Å². The Labute approximate surface area is 142 Å². The maximum atomic E-state index is 11.8. The van der Waals surface area contributed by atoms with E-state index in [0.29, 0.717) is 26.6 Å². The third kappa shape index (κ3) is 4.82. The predicted molar refractivity (Wildman–Crippen MR) is 92.7 cm³/mol. The van der Waals surface area contributed by atoms with Crippen LogP contribution < -0.4 is 5.32 Å². The summed E-state index contributed by atoms with van der Waals surface area (Å²) in [5.41, 5.74) is 1.53. The molecule has 21 heavy (non-hydrogen) atoms. The van der Waals surface area contributed by atoms with E-state index in [1.54, 1.807) is 12.1 Å². The van der Waals surface area contributed by atoms with Crippen molar-refractivity contribution in [2.45, 2.75) is 5.75 Å². The summed E-state index contributed by atoms with van der Waals surface area (Å²) in [7, 11) is 0. The van der Waals surface area contributed by atoms with Gasteiger partial charge in [0.1, 0.15) is 0 Å². The van der Waals surface area contributed by atoms with Gasteiger partial charge in [-0.05, 0) is 24.3 Å². The van der Waals surface area contributed by atoms with Gasteiger partial charge in [-0.3, -0.25) is 4.79 Å². The molecule has 0 aliphatic rings. The summed E-state index contributed by atoms with van der Waals surface area (Å²) >= 11 is 19.6. The van der Waals surface area contributed by atoms with Crippen LogP contribution in [0.5, 0.6) is 0 Å². The van der Waals surface area contributed by atoms with Crippen molar-refractivity contribution in [1.82, 2.24) is 0 Å². The molecule has 0 aliphatic carbocycles. The van der Waals surface area contributed by atoms with Gasteiger partial charge in [-0.25, -0.2) is 0 Å². The second-order valence-electron chi connectivity index (χ2n) is 4.23. The van der Waals surface area contributed by atoms with Gasteiger partial charge in [0, 0.05) is 22.0 Å². The normalized spacial score (nSPS) is 10.4. The number of anilines is 1. The molecule has 0 atom stereocenters. The quantitative estimate of drug-likeness (QED) is 0.711. The number of hydrogen-bond donors (Lipinski definition) is 1. The molecule has 1 N–H and O–H groups in total. The van der Waals surface area contributed by atoms with Crippen molar-refractivity contribution in [2.24, 2.45) is 0 Å². The van der Waals surface area contributed by atoms with Gasteiger partial charge in [0.15, 0.2) is 0 Å². The van der Waals surface area contributed by atoms with E-state index in [9.17, 15) is 4.79 Å². The summed E-state index contributed by atoms with van der Waals surface area (Å²) in [5.74, 6) is 0.773. The summed E-state index contributed by atoms with van der Waals surface area (Å²) in [4.78, 5) is 11.8. The second kappa shape index (κ2) is 7.95. The molecule has 0 unspecified atom stereocenters. The Hall–Kier alpha value is -0.870. The van der Waals surface area contributed by atoms with Crippen LogP contribution in [0.25, 0.3) is 0 Å². The van der Waals surface area contributed by atoms with Crippen molar-refractivity contribution in [3.63, 3.8) is 0 Å². The van der Waals surface area contributed by atoms with E-state index in [2.05, 4.69) is 5.32 Å². The molecule has 6 heteroatoms. The fourth-order valence-electron chi connectivity index (χ4n) is 1.67. The number of rotatable bonds is 5. The Morgan fingerprint density at radius 3 is 2.38 bits per heavy atom. The van der Waals surface area contributed by atoms with Gasteiger partial charge < -0.3 is 5.32 Å². The van der Waals surface area contributed by atoms with Crippen molar-refractivity contribution < 1.29 is 4.79 Å². The summed E-state index contributed by atoms with van der Waals surface area (Å²) in [6.45, 7) is 0. The maximum Gasteiger partial charge on any atom is 0.234 e. The van der Waals surface area contributed by atoms with Crippen LogP contribution in [0.2, 0.25) is 15.1 Å². The zero-order chi connectivity index (χ0) is 15.2. The van der Waals surface area contributed by atoms with E-state index in [1.165, 1.54) is 11.8 Å². The number of amides is 1. The first kappa shape index (κ1) is 16.5. The largest absolute Gasteiger partial charge is 0.325 e. The monoisotopic (exact) mass is 359 g/mol. The van der Waals surface area contributed by atoms with E-state index >= 15 is 0 Å². The standard InChI is InChI=1S/C15H12Cl3NOS/c16-12-6-7-13(17)15(18)11(12)8-21-9-14(20)19-10-4-2-1-3-5-10/h1-7H,8-9H2,(H,19,20). The lowest BCUT2D eigenvalue weighted by Gasteiger charge is -2.08. The molecular weight excluding hydrogens is 349 g/mol. The number of thioether (sulfide) groups is 1. The lowest BCUT2D eigenvalue weighted by atomic mass is 10.2. The number of hydrogen-bond acceptors (Lipinski definition) is 2. The van der Waals surface area contributed by atoms with Crippen LogP contribution in [-0.4, -0.2) is 11.7 Å². The smallest absolute Gasteiger partial charge is 0.234 e. The van der Waals surface area contributed by atoms with Crippen LogP contribution in [0.15, 0.2) is 42.5 Å². The van der Waals surface area contributed by atoms with Crippen LogP contribution in [-0.2, 0) is 10.5 Å². The van der Waals surface area contributed by atoms with Gasteiger partial charge >= 0.3 is 0 Å². The molecule has 2 aromatic carbocycles. The lowest BCUT2D eigenvalue weighted by molar-refractivity contribution is -0.113. The Balaban J connectivity index is 1.87. The van der Waals surface area contributed by atoms with Crippen molar-refractivity contribution in [3.05, 3.63) is 63.1 Å². The average molecular weight is 361 g/mol. The van der Waals surface area contributed by atoms with Crippen molar-refractivity contribution in [2.75, 3.05) is 11.1 Å². The third-order valence-corrected chi connectivity index (χ3v) is 4.83. The van der Waals surface area contributed by atoms with Gasteiger partial charge in [0.25, 0.3) is 0 Å². The SMILES string of the molecule is O=C(CSCc1c(Cl)ccc(Cl)c1Cl)Nc1ccccc1. The minimum atomic E-state index is -0.0690. The minimum Gasteiger partial charge on any atom is -0.325 e. The van der Waals surface area contributed by atoms with Crippen molar-refractivity contribution in [3.8, 4) is 0 Å². The van der Waals surface area contributed by atoms with Crippen LogP contribution in [0.4, 0.5) is 5.69 Å². The zero-order valence-corrected chi connectivity index (χ0v) is 14.0. The molecule has 0 saturated heterocycles. The molecule has 0 bridgehead atoms. The molecule has 2 nitrogen and oxygen atoms in total. The second-order valence-corrected chi connectivity index (χ2v) is 6.41. The fraction of sp³-hybridized carbons (Fsp3) is 0.133. The molecular formula is C15H12Cl3NOS. The van der Waals surface area contributed by atoms with E-state index in [1.807, 2.05) is 30.3 Å². The molecule has 0 aromatic heterocycles. The molecule has 0 heterocycles. The Morgan fingerprint density at radius 2 is 1.67 bits per heavy atom. The van der Waals surface area contributed by atoms with Gasteiger partial charge in [0.05, 0.1) is 15.8 Å². The van der Waals surface area contributed by atoms with Crippen LogP contribution in [0, 0.1) is 0 Å². The zero-order valence-electron chi connectivity index (χ0n) is 10.9. The molecule has 1 amide bonds. The Morgan fingerprint density at radius 1 is 1.00 bits per heavy atom. The van der Waals surface area contributed by atoms with Gasteiger partial charge in [-0.1, -0.05) is 53.0 Å². The first-order chi connectivity index (χ1) is 10.1. The maximum absolute atomic E-state index is 11.8. The fourth-order valence-corrected chi connectivity index (χ4v) is 3.37.